The molecule has 0 saturated carbocycles. The van der Waals surface area contributed by atoms with Crippen molar-refractivity contribution in [3.8, 4) is 0 Å². The van der Waals surface area contributed by atoms with Crippen LogP contribution in [0.3, 0.4) is 0 Å². The smallest absolute Gasteiger partial charge is 0.0431 e. The summed E-state index contributed by atoms with van der Waals surface area (Å²) in [4.78, 5) is 0. The second kappa shape index (κ2) is 27.1. The van der Waals surface area contributed by atoms with Gasteiger partial charge in [0, 0.05) is 37.1 Å². The number of hydrogen-bond acceptors (Lipinski definition) is 2. The van der Waals surface area contributed by atoms with Crippen molar-refractivity contribution in [2.75, 3.05) is 13.2 Å². The van der Waals surface area contributed by atoms with Crippen molar-refractivity contribution in [1.29, 1.82) is 0 Å². The number of aliphatic hydroxyl groups excluding tert-OH is 2. The molecule has 0 amide bonds. The van der Waals surface area contributed by atoms with E-state index in [0.717, 1.165) is 12.8 Å². The molecule has 0 heterocycles. The maximum atomic E-state index is 8.42. The van der Waals surface area contributed by atoms with Gasteiger partial charge >= 0.3 is 0 Å². The Hall–Kier alpha value is 0.719. The van der Waals surface area contributed by atoms with Crippen molar-refractivity contribution >= 4 is 23.9 Å². The molecule has 0 spiro atoms. The molecule has 0 bridgehead atoms. The topological polar surface area (TPSA) is 40.5 Å². The molecule has 0 unspecified atom stereocenters. The molecule has 0 aliphatic heterocycles. The zero-order chi connectivity index (χ0) is 13.9. The second-order valence-corrected chi connectivity index (χ2v) is 4.98. The average molecular weight is 379 g/mol. The van der Waals surface area contributed by atoms with Crippen molar-refractivity contribution in [3.63, 3.8) is 0 Å². The van der Waals surface area contributed by atoms with E-state index in [1.807, 2.05) is 0 Å². The molecule has 0 saturated heterocycles. The molecule has 2 N–H and O–H groups in total. The van der Waals surface area contributed by atoms with E-state index < -0.39 is 0 Å². The second-order valence-electron chi connectivity index (χ2n) is 4.98. The van der Waals surface area contributed by atoms with Crippen LogP contribution in [0.2, 0.25) is 0 Å². The van der Waals surface area contributed by atoms with Crippen LogP contribution in [0.4, 0.5) is 0 Å². The minimum Gasteiger partial charge on any atom is -0.396 e. The Kier molecular flexibility index (Phi) is 35.3. The van der Waals surface area contributed by atoms with Crippen LogP contribution in [0, 0.1) is 0 Å². The largest absolute Gasteiger partial charge is 0.396 e. The third kappa shape index (κ3) is 32.3. The van der Waals surface area contributed by atoms with Gasteiger partial charge in [-0.2, -0.15) is 0 Å². The van der Waals surface area contributed by atoms with Crippen molar-refractivity contribution in [1.82, 2.24) is 0 Å². The van der Waals surface area contributed by atoms with Gasteiger partial charge in [-0.05, 0) is 12.8 Å². The molecule has 0 aliphatic carbocycles. The summed E-state index contributed by atoms with van der Waals surface area (Å²) in [6.07, 6.45) is 15.0. The van der Waals surface area contributed by atoms with Gasteiger partial charge in [-0.15, -0.1) is 0 Å². The van der Waals surface area contributed by atoms with Gasteiger partial charge in [0.05, 0.1) is 0 Å². The fourth-order valence-corrected chi connectivity index (χ4v) is 1.78. The molecule has 19 heavy (non-hydrogen) atoms. The SMILES string of the molecule is CCCCCCCCO.CCCCCCCCO.[Sn]. The summed E-state index contributed by atoms with van der Waals surface area (Å²) in [5.41, 5.74) is 0. The van der Waals surface area contributed by atoms with E-state index in [1.165, 1.54) is 64.2 Å². The number of unbranched alkanes of at least 4 members (excludes halogenated alkanes) is 10. The maximum Gasteiger partial charge on any atom is 0.0431 e. The van der Waals surface area contributed by atoms with Gasteiger partial charge in [-0.25, -0.2) is 0 Å². The number of aliphatic hydroxyl groups is 2. The molecule has 0 aromatic heterocycles. The summed E-state index contributed by atoms with van der Waals surface area (Å²) >= 11 is 0. The summed E-state index contributed by atoms with van der Waals surface area (Å²) < 4.78 is 0. The van der Waals surface area contributed by atoms with Crippen LogP contribution in [0.5, 0.6) is 0 Å². The summed E-state index contributed by atoms with van der Waals surface area (Å²) in [6.45, 7) is 5.16. The van der Waals surface area contributed by atoms with Gasteiger partial charge in [0.1, 0.15) is 0 Å². The monoisotopic (exact) mass is 380 g/mol. The van der Waals surface area contributed by atoms with E-state index >= 15 is 0 Å². The van der Waals surface area contributed by atoms with E-state index in [0.29, 0.717) is 13.2 Å². The Bertz CT molecular complexity index is 95.3. The van der Waals surface area contributed by atoms with Crippen LogP contribution in [0.1, 0.15) is 90.9 Å². The molecule has 0 aromatic carbocycles. The maximum absolute atomic E-state index is 8.42. The molecule has 0 aliphatic rings. The molecule has 0 fully saturated rings. The van der Waals surface area contributed by atoms with E-state index in [9.17, 15) is 0 Å². The van der Waals surface area contributed by atoms with Gasteiger partial charge < -0.3 is 10.2 Å². The molecule has 116 valence electrons. The standard InChI is InChI=1S/2C8H18O.Sn/c2*1-2-3-4-5-6-7-8-9;/h2*9H,2-8H2,1H3;. The molecule has 0 atom stereocenters. The predicted octanol–water partition coefficient (Wildman–Crippen LogP) is 4.30. The Morgan fingerprint density at radius 3 is 1.00 bits per heavy atom. The van der Waals surface area contributed by atoms with Gasteiger partial charge in [-0.3, -0.25) is 0 Å². The van der Waals surface area contributed by atoms with Gasteiger partial charge in [0.2, 0.25) is 0 Å². The molecular formula is C16H36O2Sn. The molecule has 4 radical (unpaired) electrons. The third-order valence-corrected chi connectivity index (χ3v) is 3.02. The van der Waals surface area contributed by atoms with E-state index in [4.69, 9.17) is 10.2 Å². The van der Waals surface area contributed by atoms with Crippen molar-refractivity contribution in [3.05, 3.63) is 0 Å². The number of hydrogen-bond donors (Lipinski definition) is 2. The quantitative estimate of drug-likeness (QED) is 0.392. The first kappa shape index (κ1) is 24.7. The van der Waals surface area contributed by atoms with Crippen LogP contribution in [0.25, 0.3) is 0 Å². The first-order chi connectivity index (χ1) is 8.83. The first-order valence-electron chi connectivity index (χ1n) is 8.05. The van der Waals surface area contributed by atoms with Crippen LogP contribution in [0.15, 0.2) is 0 Å². The molecular weight excluding hydrogens is 343 g/mol. The zero-order valence-corrected chi connectivity index (χ0v) is 16.1. The van der Waals surface area contributed by atoms with Crippen molar-refractivity contribution < 1.29 is 10.2 Å². The minimum absolute atomic E-state index is 0. The molecule has 2 nitrogen and oxygen atoms in total. The molecule has 0 rings (SSSR count). The normalized spacial score (nSPS) is 9.47. The Balaban J connectivity index is -0.000000256. The fraction of sp³-hybridized carbons (Fsp3) is 1.00. The van der Waals surface area contributed by atoms with Crippen LogP contribution in [-0.2, 0) is 0 Å². The fourth-order valence-electron chi connectivity index (χ4n) is 1.78. The number of rotatable bonds is 12. The summed E-state index contributed by atoms with van der Waals surface area (Å²) in [5.74, 6) is 0. The van der Waals surface area contributed by atoms with Crippen LogP contribution >= 0.6 is 0 Å². The molecule has 0 aromatic rings. The average Bonchev–Trinajstić information content (AvgIpc) is 2.39. The molecule has 3 heteroatoms. The van der Waals surface area contributed by atoms with Gasteiger partial charge in [-0.1, -0.05) is 78.1 Å². The van der Waals surface area contributed by atoms with Crippen LogP contribution in [-0.4, -0.2) is 47.3 Å². The summed E-state index contributed by atoms with van der Waals surface area (Å²) in [6, 6.07) is 0. The first-order valence-corrected chi connectivity index (χ1v) is 8.05. The minimum atomic E-state index is 0. The van der Waals surface area contributed by atoms with Gasteiger partial charge in [0.25, 0.3) is 0 Å². The van der Waals surface area contributed by atoms with Crippen LogP contribution < -0.4 is 0 Å². The van der Waals surface area contributed by atoms with E-state index in [2.05, 4.69) is 13.8 Å². The predicted molar refractivity (Wildman–Crippen MR) is 86.7 cm³/mol. The van der Waals surface area contributed by atoms with Gasteiger partial charge in [0.15, 0.2) is 0 Å². The Labute approximate surface area is 138 Å². The third-order valence-electron chi connectivity index (χ3n) is 3.02. The van der Waals surface area contributed by atoms with E-state index in [-0.39, 0.29) is 23.9 Å². The van der Waals surface area contributed by atoms with Crippen molar-refractivity contribution in [2.24, 2.45) is 0 Å². The summed E-state index contributed by atoms with van der Waals surface area (Å²) in [7, 11) is 0. The van der Waals surface area contributed by atoms with E-state index in [1.54, 1.807) is 0 Å². The Morgan fingerprint density at radius 1 is 0.474 bits per heavy atom. The van der Waals surface area contributed by atoms with Crippen molar-refractivity contribution in [2.45, 2.75) is 90.9 Å². The summed E-state index contributed by atoms with van der Waals surface area (Å²) in [5, 5.41) is 16.8. The Morgan fingerprint density at radius 2 is 0.737 bits per heavy atom. The zero-order valence-electron chi connectivity index (χ0n) is 13.3.